The van der Waals surface area contributed by atoms with Gasteiger partial charge in [0.1, 0.15) is 5.41 Å². The van der Waals surface area contributed by atoms with Crippen molar-refractivity contribution >= 4 is 17.5 Å². The maximum atomic E-state index is 13.1. The first-order chi connectivity index (χ1) is 11.0. The van der Waals surface area contributed by atoms with E-state index in [-0.39, 0.29) is 11.8 Å². The Labute approximate surface area is 138 Å². The molecule has 0 unspecified atom stereocenters. The summed E-state index contributed by atoms with van der Waals surface area (Å²) >= 11 is 0. The van der Waals surface area contributed by atoms with Crippen molar-refractivity contribution in [3.63, 3.8) is 0 Å². The maximum Gasteiger partial charge on any atom is 0.242 e. The number of para-hydroxylation sites is 1. The Morgan fingerprint density at radius 3 is 2.35 bits per heavy atom. The molecule has 3 rings (SSSR count). The zero-order valence-corrected chi connectivity index (χ0v) is 14.2. The zero-order valence-electron chi connectivity index (χ0n) is 14.2. The second kappa shape index (κ2) is 6.34. The second-order valence-corrected chi connectivity index (χ2v) is 7.17. The molecular formula is C19H26N2O2. The third kappa shape index (κ3) is 2.99. The minimum Gasteiger partial charge on any atom is -0.342 e. The highest BCUT2D eigenvalue weighted by Gasteiger charge is 2.43. The predicted octanol–water partition coefficient (Wildman–Crippen LogP) is 3.00. The number of rotatable bonds is 2. The van der Waals surface area contributed by atoms with Crippen LogP contribution in [-0.4, -0.2) is 36.3 Å². The van der Waals surface area contributed by atoms with Gasteiger partial charge in [0.25, 0.3) is 0 Å². The molecule has 0 aromatic heterocycles. The fraction of sp³-hybridized carbons (Fsp3) is 0.579. The largest absolute Gasteiger partial charge is 0.342 e. The summed E-state index contributed by atoms with van der Waals surface area (Å²) in [6.07, 6.45) is 5.22. The molecule has 1 aromatic rings. The van der Waals surface area contributed by atoms with E-state index in [0.29, 0.717) is 6.54 Å². The van der Waals surface area contributed by atoms with Crippen molar-refractivity contribution in [2.75, 3.05) is 24.5 Å². The molecule has 0 aliphatic carbocycles. The van der Waals surface area contributed by atoms with Crippen LogP contribution in [-0.2, 0) is 16.0 Å². The highest BCUT2D eigenvalue weighted by molar-refractivity contribution is 6.11. The molecule has 1 fully saturated rings. The average molecular weight is 314 g/mol. The average Bonchev–Trinajstić information content (AvgIpc) is 2.60. The molecule has 0 atom stereocenters. The molecule has 2 heterocycles. The van der Waals surface area contributed by atoms with Gasteiger partial charge in [-0.15, -0.1) is 0 Å². The van der Waals surface area contributed by atoms with Crippen LogP contribution in [0.2, 0.25) is 0 Å². The second-order valence-electron chi connectivity index (χ2n) is 7.17. The van der Waals surface area contributed by atoms with E-state index in [0.717, 1.165) is 44.5 Å². The molecule has 124 valence electrons. The van der Waals surface area contributed by atoms with Gasteiger partial charge in [-0.1, -0.05) is 18.2 Å². The molecule has 2 amide bonds. The zero-order chi connectivity index (χ0) is 16.4. The molecule has 1 aromatic carbocycles. The Balaban J connectivity index is 1.83. The van der Waals surface area contributed by atoms with Crippen molar-refractivity contribution in [3.05, 3.63) is 29.8 Å². The summed E-state index contributed by atoms with van der Waals surface area (Å²) in [5.41, 5.74) is 1.18. The third-order valence-corrected chi connectivity index (χ3v) is 5.07. The Morgan fingerprint density at radius 1 is 0.913 bits per heavy atom. The Morgan fingerprint density at radius 2 is 1.61 bits per heavy atom. The van der Waals surface area contributed by atoms with Gasteiger partial charge in [0.15, 0.2) is 0 Å². The molecule has 2 aliphatic rings. The van der Waals surface area contributed by atoms with Gasteiger partial charge in [-0.3, -0.25) is 9.59 Å². The van der Waals surface area contributed by atoms with Crippen LogP contribution >= 0.6 is 0 Å². The number of piperidine rings is 1. The molecule has 0 spiro atoms. The van der Waals surface area contributed by atoms with Crippen molar-refractivity contribution in [1.29, 1.82) is 0 Å². The molecule has 2 aliphatic heterocycles. The fourth-order valence-electron chi connectivity index (χ4n) is 3.67. The standard InChI is InChI=1S/C19H26N2O2/c1-19(2,17(22)20-12-6-3-7-13-20)18(23)21-14-8-10-15-9-4-5-11-16(15)21/h4-5,9,11H,3,6-8,10,12-14H2,1-2H3. The molecule has 1 saturated heterocycles. The monoisotopic (exact) mass is 314 g/mol. The van der Waals surface area contributed by atoms with Crippen molar-refractivity contribution in [2.45, 2.75) is 46.0 Å². The molecular weight excluding hydrogens is 288 g/mol. The predicted molar refractivity (Wildman–Crippen MR) is 91.3 cm³/mol. The Bertz CT molecular complexity index is 603. The summed E-state index contributed by atoms with van der Waals surface area (Å²) in [6.45, 7) is 5.83. The smallest absolute Gasteiger partial charge is 0.242 e. The quantitative estimate of drug-likeness (QED) is 0.787. The lowest BCUT2D eigenvalue weighted by atomic mass is 9.87. The summed E-state index contributed by atoms with van der Waals surface area (Å²) in [4.78, 5) is 29.7. The van der Waals surface area contributed by atoms with Gasteiger partial charge in [-0.05, 0) is 57.6 Å². The van der Waals surface area contributed by atoms with E-state index >= 15 is 0 Å². The Kier molecular flexibility index (Phi) is 4.42. The SMILES string of the molecule is CC(C)(C(=O)N1CCCCC1)C(=O)N1CCCc2ccccc21. The molecule has 0 bridgehead atoms. The molecule has 23 heavy (non-hydrogen) atoms. The van der Waals surface area contributed by atoms with Gasteiger partial charge in [-0.2, -0.15) is 0 Å². The summed E-state index contributed by atoms with van der Waals surface area (Å²) in [6, 6.07) is 8.04. The number of benzene rings is 1. The van der Waals surface area contributed by atoms with Crippen molar-refractivity contribution in [3.8, 4) is 0 Å². The number of amides is 2. The van der Waals surface area contributed by atoms with E-state index in [4.69, 9.17) is 0 Å². The lowest BCUT2D eigenvalue weighted by molar-refractivity contribution is -0.148. The van der Waals surface area contributed by atoms with Gasteiger partial charge in [-0.25, -0.2) is 0 Å². The number of carbonyl (C=O) groups is 2. The first kappa shape index (κ1) is 16.0. The van der Waals surface area contributed by atoms with Crippen LogP contribution in [0.4, 0.5) is 5.69 Å². The summed E-state index contributed by atoms with van der Waals surface area (Å²) < 4.78 is 0. The number of likely N-dealkylation sites (tertiary alicyclic amines) is 1. The van der Waals surface area contributed by atoms with Gasteiger partial charge >= 0.3 is 0 Å². The summed E-state index contributed by atoms with van der Waals surface area (Å²) in [5.74, 6) is -0.0921. The van der Waals surface area contributed by atoms with Crippen LogP contribution in [0.1, 0.15) is 45.1 Å². The van der Waals surface area contributed by atoms with Crippen LogP contribution in [0.3, 0.4) is 0 Å². The minimum absolute atomic E-state index is 0.0229. The maximum absolute atomic E-state index is 13.1. The van der Waals surface area contributed by atoms with E-state index in [1.54, 1.807) is 13.8 Å². The number of aryl methyl sites for hydroxylation is 1. The Hall–Kier alpha value is -1.84. The third-order valence-electron chi connectivity index (χ3n) is 5.07. The molecule has 0 radical (unpaired) electrons. The minimum atomic E-state index is -0.998. The van der Waals surface area contributed by atoms with Crippen LogP contribution in [0.15, 0.2) is 24.3 Å². The van der Waals surface area contributed by atoms with Crippen LogP contribution in [0.5, 0.6) is 0 Å². The summed E-state index contributed by atoms with van der Waals surface area (Å²) in [7, 11) is 0. The van der Waals surface area contributed by atoms with Crippen molar-refractivity contribution < 1.29 is 9.59 Å². The number of anilines is 1. The van der Waals surface area contributed by atoms with Gasteiger partial charge in [0, 0.05) is 25.3 Å². The number of carbonyl (C=O) groups excluding carboxylic acids is 2. The number of hydrogen-bond acceptors (Lipinski definition) is 2. The van der Waals surface area contributed by atoms with Crippen molar-refractivity contribution in [1.82, 2.24) is 4.90 Å². The first-order valence-corrected chi connectivity index (χ1v) is 8.71. The summed E-state index contributed by atoms with van der Waals surface area (Å²) in [5, 5.41) is 0. The highest BCUT2D eigenvalue weighted by atomic mass is 16.2. The van der Waals surface area contributed by atoms with Gasteiger partial charge in [0.05, 0.1) is 0 Å². The van der Waals surface area contributed by atoms with E-state index in [1.165, 1.54) is 12.0 Å². The molecule has 4 nitrogen and oxygen atoms in total. The molecule has 4 heteroatoms. The van der Waals surface area contributed by atoms with Crippen LogP contribution in [0.25, 0.3) is 0 Å². The highest BCUT2D eigenvalue weighted by Crippen LogP contribution is 2.32. The molecule has 0 saturated carbocycles. The number of nitrogens with zero attached hydrogens (tertiary/aromatic N) is 2. The van der Waals surface area contributed by atoms with Crippen molar-refractivity contribution in [2.24, 2.45) is 5.41 Å². The fourth-order valence-corrected chi connectivity index (χ4v) is 3.67. The van der Waals surface area contributed by atoms with E-state index in [9.17, 15) is 9.59 Å². The van der Waals surface area contributed by atoms with E-state index < -0.39 is 5.41 Å². The molecule has 0 N–H and O–H groups in total. The topological polar surface area (TPSA) is 40.6 Å². The van der Waals surface area contributed by atoms with E-state index in [2.05, 4.69) is 6.07 Å². The number of fused-ring (bicyclic) bond motifs is 1. The van der Waals surface area contributed by atoms with Crippen LogP contribution < -0.4 is 4.90 Å². The van der Waals surface area contributed by atoms with Gasteiger partial charge in [0.2, 0.25) is 11.8 Å². The van der Waals surface area contributed by atoms with E-state index in [1.807, 2.05) is 28.0 Å². The lowest BCUT2D eigenvalue weighted by Gasteiger charge is -2.38. The number of hydrogen-bond donors (Lipinski definition) is 0. The van der Waals surface area contributed by atoms with Crippen LogP contribution in [0, 0.1) is 5.41 Å². The van der Waals surface area contributed by atoms with Gasteiger partial charge < -0.3 is 9.80 Å². The lowest BCUT2D eigenvalue weighted by Crippen LogP contribution is -2.53. The normalized spacial score (nSPS) is 18.5. The first-order valence-electron chi connectivity index (χ1n) is 8.71.